The second-order valence-corrected chi connectivity index (χ2v) is 6.42. The first-order valence-corrected chi connectivity index (χ1v) is 8.43. The Balaban J connectivity index is 1.92. The molecule has 3 rings (SSSR count). The highest BCUT2D eigenvalue weighted by Gasteiger charge is 2.14. The maximum Gasteiger partial charge on any atom is 0.124 e. The monoisotopic (exact) mass is 362 g/mol. The molecule has 2 N–H and O–H groups in total. The average molecular weight is 363 g/mol. The van der Waals surface area contributed by atoms with Crippen molar-refractivity contribution in [2.24, 2.45) is 5.90 Å². The Hall–Kier alpha value is -1.80. The van der Waals surface area contributed by atoms with Crippen molar-refractivity contribution in [3.8, 4) is 21.8 Å². The standard InChI is InChI=1S/C17H15ClN2O3S/c18-14-8-6-12(7-9-14)16-15(10-11-21-23-22-19)24-17(20-16)13-4-2-1-3-5-13/h1-9H,10-11,19H2. The largest absolute Gasteiger partial charge is 0.236 e. The Morgan fingerprint density at radius 2 is 1.75 bits per heavy atom. The molecule has 0 aliphatic rings. The van der Waals surface area contributed by atoms with E-state index in [4.69, 9.17) is 27.4 Å². The van der Waals surface area contributed by atoms with E-state index in [-0.39, 0.29) is 0 Å². The lowest BCUT2D eigenvalue weighted by atomic mass is 10.1. The molecule has 0 saturated carbocycles. The van der Waals surface area contributed by atoms with Crippen LogP contribution in [0, 0.1) is 0 Å². The van der Waals surface area contributed by atoms with Crippen LogP contribution in [0.25, 0.3) is 21.8 Å². The summed E-state index contributed by atoms with van der Waals surface area (Å²) >= 11 is 7.60. The minimum Gasteiger partial charge on any atom is -0.236 e. The molecule has 5 nitrogen and oxygen atoms in total. The van der Waals surface area contributed by atoms with Crippen LogP contribution in [0.5, 0.6) is 0 Å². The van der Waals surface area contributed by atoms with Gasteiger partial charge in [0.1, 0.15) is 5.01 Å². The highest BCUT2D eigenvalue weighted by Crippen LogP contribution is 2.34. The lowest BCUT2D eigenvalue weighted by Gasteiger charge is -2.02. The minimum atomic E-state index is 0.300. The van der Waals surface area contributed by atoms with Crippen LogP contribution in [0.1, 0.15) is 4.88 Å². The fourth-order valence-electron chi connectivity index (χ4n) is 2.25. The molecular weight excluding hydrogens is 348 g/mol. The summed E-state index contributed by atoms with van der Waals surface area (Å²) in [6.45, 7) is 0.300. The Morgan fingerprint density at radius 1 is 1.00 bits per heavy atom. The van der Waals surface area contributed by atoms with Gasteiger partial charge in [0.25, 0.3) is 0 Å². The molecule has 1 aromatic heterocycles. The van der Waals surface area contributed by atoms with Gasteiger partial charge in [0.15, 0.2) is 0 Å². The Labute approximate surface area is 148 Å². The zero-order valence-electron chi connectivity index (χ0n) is 12.6. The van der Waals surface area contributed by atoms with Crippen LogP contribution in [-0.4, -0.2) is 11.6 Å². The van der Waals surface area contributed by atoms with Crippen molar-refractivity contribution in [3.05, 3.63) is 64.5 Å². The van der Waals surface area contributed by atoms with Crippen molar-refractivity contribution in [2.45, 2.75) is 6.42 Å². The van der Waals surface area contributed by atoms with Gasteiger partial charge in [0.05, 0.1) is 12.3 Å². The third-order valence-electron chi connectivity index (χ3n) is 3.34. The first-order chi connectivity index (χ1) is 11.8. The Morgan fingerprint density at radius 3 is 2.46 bits per heavy atom. The molecule has 0 aliphatic carbocycles. The quantitative estimate of drug-likeness (QED) is 0.382. The molecule has 1 heterocycles. The lowest BCUT2D eigenvalue weighted by molar-refractivity contribution is -0.516. The number of nitrogens with two attached hydrogens (primary N) is 1. The van der Waals surface area contributed by atoms with Crippen LogP contribution in [0.3, 0.4) is 0 Å². The van der Waals surface area contributed by atoms with E-state index in [1.165, 1.54) is 0 Å². The molecule has 0 fully saturated rings. The summed E-state index contributed by atoms with van der Waals surface area (Å²) in [5.41, 5.74) is 2.99. The van der Waals surface area contributed by atoms with Gasteiger partial charge in [-0.05, 0) is 17.2 Å². The predicted molar refractivity (Wildman–Crippen MR) is 94.0 cm³/mol. The number of nitrogens with zero attached hydrogens (tertiary/aromatic N) is 1. The third-order valence-corrected chi connectivity index (χ3v) is 4.75. The average Bonchev–Trinajstić information content (AvgIpc) is 3.04. The highest BCUT2D eigenvalue weighted by molar-refractivity contribution is 7.15. The van der Waals surface area contributed by atoms with Gasteiger partial charge in [-0.2, -0.15) is 5.90 Å². The van der Waals surface area contributed by atoms with Gasteiger partial charge in [0, 0.05) is 27.4 Å². The molecule has 0 radical (unpaired) electrons. The second-order valence-electron chi connectivity index (χ2n) is 4.90. The summed E-state index contributed by atoms with van der Waals surface area (Å²) in [4.78, 5) is 14.6. The smallest absolute Gasteiger partial charge is 0.124 e. The van der Waals surface area contributed by atoms with E-state index in [0.717, 1.165) is 26.7 Å². The van der Waals surface area contributed by atoms with E-state index in [0.29, 0.717) is 18.1 Å². The van der Waals surface area contributed by atoms with E-state index in [9.17, 15) is 0 Å². The number of rotatable bonds is 7. The minimum absolute atomic E-state index is 0.300. The number of hydrogen-bond donors (Lipinski definition) is 1. The molecule has 2 aromatic carbocycles. The molecule has 0 aliphatic heterocycles. The molecule has 0 unspecified atom stereocenters. The zero-order valence-corrected chi connectivity index (χ0v) is 14.2. The Bertz CT molecular complexity index is 778. The van der Waals surface area contributed by atoms with Crippen LogP contribution in [0.4, 0.5) is 0 Å². The highest BCUT2D eigenvalue weighted by atomic mass is 35.5. The van der Waals surface area contributed by atoms with Crippen LogP contribution >= 0.6 is 22.9 Å². The van der Waals surface area contributed by atoms with Crippen molar-refractivity contribution < 1.29 is 14.9 Å². The van der Waals surface area contributed by atoms with E-state index in [1.54, 1.807) is 11.3 Å². The number of halogens is 1. The van der Waals surface area contributed by atoms with E-state index in [2.05, 4.69) is 10.0 Å². The molecule has 0 atom stereocenters. The molecular formula is C17H15ClN2O3S. The molecule has 0 bridgehead atoms. The first kappa shape index (κ1) is 17.0. The molecule has 124 valence electrons. The van der Waals surface area contributed by atoms with Crippen molar-refractivity contribution in [1.82, 2.24) is 4.98 Å². The fourth-order valence-corrected chi connectivity index (χ4v) is 3.45. The van der Waals surface area contributed by atoms with Crippen LogP contribution in [0.2, 0.25) is 5.02 Å². The maximum absolute atomic E-state index is 5.98. The van der Waals surface area contributed by atoms with Crippen LogP contribution in [-0.2, 0) is 21.3 Å². The first-order valence-electron chi connectivity index (χ1n) is 7.24. The van der Waals surface area contributed by atoms with Gasteiger partial charge in [-0.3, -0.25) is 0 Å². The SMILES string of the molecule is NOOOCCc1sc(-c2ccccc2)nc1-c1ccc(Cl)cc1. The van der Waals surface area contributed by atoms with Crippen molar-refractivity contribution in [2.75, 3.05) is 6.61 Å². The van der Waals surface area contributed by atoms with Gasteiger partial charge in [-0.25, -0.2) is 9.87 Å². The van der Waals surface area contributed by atoms with Gasteiger partial charge >= 0.3 is 0 Å². The van der Waals surface area contributed by atoms with Gasteiger partial charge < -0.3 is 0 Å². The maximum atomic E-state index is 5.98. The van der Waals surface area contributed by atoms with E-state index < -0.39 is 0 Å². The molecule has 0 spiro atoms. The summed E-state index contributed by atoms with van der Waals surface area (Å²) in [7, 11) is 0. The summed E-state index contributed by atoms with van der Waals surface area (Å²) in [5.74, 6) is 4.75. The summed E-state index contributed by atoms with van der Waals surface area (Å²) in [5, 5.41) is 5.89. The Kier molecular flexibility index (Phi) is 5.92. The number of hydrogen-bond acceptors (Lipinski definition) is 6. The zero-order chi connectivity index (χ0) is 16.8. The number of aromatic nitrogens is 1. The van der Waals surface area contributed by atoms with Gasteiger partial charge in [0.2, 0.25) is 0 Å². The van der Waals surface area contributed by atoms with Crippen LogP contribution in [0.15, 0.2) is 54.6 Å². The molecule has 7 heteroatoms. The van der Waals surface area contributed by atoms with Crippen molar-refractivity contribution in [1.29, 1.82) is 0 Å². The van der Waals surface area contributed by atoms with Gasteiger partial charge in [-0.1, -0.05) is 54.1 Å². The summed E-state index contributed by atoms with van der Waals surface area (Å²) < 4.78 is 0. The fraction of sp³-hybridized carbons (Fsp3) is 0.118. The van der Waals surface area contributed by atoms with Crippen LogP contribution < -0.4 is 5.90 Å². The number of benzene rings is 2. The van der Waals surface area contributed by atoms with E-state index in [1.807, 2.05) is 54.6 Å². The second kappa shape index (κ2) is 8.34. The molecule has 0 saturated heterocycles. The molecule has 0 amide bonds. The molecule has 3 aromatic rings. The normalized spacial score (nSPS) is 10.9. The third kappa shape index (κ3) is 4.18. The van der Waals surface area contributed by atoms with Crippen molar-refractivity contribution >= 4 is 22.9 Å². The predicted octanol–water partition coefficient (Wildman–Crippen LogP) is 4.43. The molecule has 24 heavy (non-hydrogen) atoms. The van der Waals surface area contributed by atoms with Crippen molar-refractivity contribution in [3.63, 3.8) is 0 Å². The van der Waals surface area contributed by atoms with E-state index >= 15 is 0 Å². The van der Waals surface area contributed by atoms with Gasteiger partial charge in [-0.15, -0.1) is 16.3 Å². The topological polar surface area (TPSA) is 66.6 Å². The summed E-state index contributed by atoms with van der Waals surface area (Å²) in [6.07, 6.45) is 0.617. The number of thiazole rings is 1. The lowest BCUT2D eigenvalue weighted by Crippen LogP contribution is -2.04. The summed E-state index contributed by atoms with van der Waals surface area (Å²) in [6, 6.07) is 17.7.